The number of hydrogen-bond acceptors (Lipinski definition) is 4. The van der Waals surface area contributed by atoms with Crippen LogP contribution in [-0.2, 0) is 6.54 Å². The lowest BCUT2D eigenvalue weighted by Crippen LogP contribution is -2.23. The van der Waals surface area contributed by atoms with Crippen LogP contribution >= 0.6 is 24.0 Å². The predicted molar refractivity (Wildman–Crippen MR) is 71.7 cm³/mol. The number of carbonyl (C=O) groups is 1. The Labute approximate surface area is 113 Å². The fraction of sp³-hybridized carbons (Fsp3) is 0.167. The second kappa shape index (κ2) is 5.49. The first kappa shape index (κ1) is 13.0. The minimum absolute atomic E-state index is 0.159. The third-order valence-electron chi connectivity index (χ3n) is 2.30. The Balaban J connectivity index is 2.01. The number of thiazole rings is 1. The Morgan fingerprint density at radius 1 is 1.56 bits per heavy atom. The van der Waals surface area contributed by atoms with Crippen molar-refractivity contribution in [3.8, 4) is 0 Å². The number of aryl methyl sites for hydroxylation is 1. The molecule has 0 aliphatic rings. The first-order chi connectivity index (χ1) is 8.56. The maximum atomic E-state index is 13.0. The molecule has 3 nitrogen and oxygen atoms in total. The van der Waals surface area contributed by atoms with Crippen LogP contribution in [0.5, 0.6) is 0 Å². The van der Waals surface area contributed by atoms with Crippen LogP contribution in [0, 0.1) is 12.7 Å². The van der Waals surface area contributed by atoms with Gasteiger partial charge < -0.3 is 5.32 Å². The summed E-state index contributed by atoms with van der Waals surface area (Å²) in [7, 11) is 0. The highest BCUT2D eigenvalue weighted by Gasteiger charge is 2.08. The average Bonchev–Trinajstić information content (AvgIpc) is 2.75. The van der Waals surface area contributed by atoms with Crippen molar-refractivity contribution in [1.29, 1.82) is 0 Å². The zero-order valence-corrected chi connectivity index (χ0v) is 11.3. The summed E-state index contributed by atoms with van der Waals surface area (Å²) in [5, 5.41) is 5.57. The van der Waals surface area contributed by atoms with E-state index in [2.05, 4.69) is 22.9 Å². The number of halogens is 1. The van der Waals surface area contributed by atoms with Crippen molar-refractivity contribution >= 4 is 29.9 Å². The minimum atomic E-state index is -0.440. The van der Waals surface area contributed by atoms with Crippen LogP contribution in [0.3, 0.4) is 0 Å². The number of carbonyl (C=O) groups excluding carboxylic acids is 1. The third kappa shape index (κ3) is 3.08. The number of nitrogens with one attached hydrogen (secondary N) is 1. The second-order valence-corrected chi connectivity index (χ2v) is 5.25. The molecule has 0 saturated carbocycles. The number of rotatable bonds is 3. The number of nitrogens with zero attached hydrogens (tertiary/aromatic N) is 1. The van der Waals surface area contributed by atoms with Gasteiger partial charge in [0.05, 0.1) is 17.2 Å². The van der Waals surface area contributed by atoms with Crippen LogP contribution in [0.1, 0.15) is 21.1 Å². The third-order valence-corrected chi connectivity index (χ3v) is 3.47. The summed E-state index contributed by atoms with van der Waals surface area (Å²) < 4.78 is 13.0. The highest BCUT2D eigenvalue weighted by Crippen LogP contribution is 2.14. The lowest BCUT2D eigenvalue weighted by atomic mass is 10.2. The van der Waals surface area contributed by atoms with E-state index in [0.717, 1.165) is 10.7 Å². The van der Waals surface area contributed by atoms with Gasteiger partial charge in [-0.2, -0.15) is 0 Å². The topological polar surface area (TPSA) is 42.0 Å². The Morgan fingerprint density at radius 2 is 2.33 bits per heavy atom. The summed E-state index contributed by atoms with van der Waals surface area (Å²) in [6.45, 7) is 2.27. The molecule has 1 aromatic carbocycles. The molecule has 1 aromatic heterocycles. The van der Waals surface area contributed by atoms with Crippen molar-refractivity contribution < 1.29 is 9.18 Å². The molecule has 0 aliphatic carbocycles. The van der Waals surface area contributed by atoms with E-state index in [9.17, 15) is 9.18 Å². The average molecular weight is 282 g/mol. The van der Waals surface area contributed by atoms with Gasteiger partial charge >= 0.3 is 0 Å². The molecule has 2 rings (SSSR count). The molecule has 6 heteroatoms. The number of aromatic nitrogens is 1. The second-order valence-electron chi connectivity index (χ2n) is 3.71. The Bertz CT molecular complexity index is 583. The van der Waals surface area contributed by atoms with Gasteiger partial charge in [-0.3, -0.25) is 4.79 Å². The number of hydrogen-bond donors (Lipinski definition) is 2. The Morgan fingerprint density at radius 3 is 2.94 bits per heavy atom. The van der Waals surface area contributed by atoms with Gasteiger partial charge in [-0.05, 0) is 25.1 Å². The summed E-state index contributed by atoms with van der Waals surface area (Å²) >= 11 is 5.47. The zero-order valence-electron chi connectivity index (χ0n) is 9.61. The van der Waals surface area contributed by atoms with E-state index < -0.39 is 5.82 Å². The van der Waals surface area contributed by atoms with E-state index in [1.54, 1.807) is 0 Å². The fourth-order valence-electron chi connectivity index (χ4n) is 1.42. The Hall–Kier alpha value is -1.40. The molecule has 0 spiro atoms. The minimum Gasteiger partial charge on any atom is -0.346 e. The molecule has 94 valence electrons. The van der Waals surface area contributed by atoms with Crippen molar-refractivity contribution in [3.05, 3.63) is 45.7 Å². The summed E-state index contributed by atoms with van der Waals surface area (Å²) in [5.74, 6) is -0.707. The van der Waals surface area contributed by atoms with Crippen LogP contribution < -0.4 is 5.32 Å². The van der Waals surface area contributed by atoms with E-state index in [4.69, 9.17) is 0 Å². The molecule has 18 heavy (non-hydrogen) atoms. The van der Waals surface area contributed by atoms with E-state index in [1.807, 2.05) is 12.3 Å². The molecule has 0 fully saturated rings. The van der Waals surface area contributed by atoms with Gasteiger partial charge in [0.1, 0.15) is 5.82 Å². The molecule has 0 aliphatic heterocycles. The fourth-order valence-corrected chi connectivity index (χ4v) is 2.24. The van der Waals surface area contributed by atoms with Gasteiger partial charge in [0.25, 0.3) is 5.91 Å². The summed E-state index contributed by atoms with van der Waals surface area (Å²) in [6.07, 6.45) is 0. The number of thiol groups is 1. The predicted octanol–water partition coefficient (Wildman–Crippen LogP) is 2.81. The molecule has 0 bridgehead atoms. The molecule has 0 saturated heterocycles. The smallest absolute Gasteiger partial charge is 0.251 e. The van der Waals surface area contributed by atoms with Gasteiger partial charge in [0.2, 0.25) is 0 Å². The van der Waals surface area contributed by atoms with Gasteiger partial charge in [-0.15, -0.1) is 24.0 Å². The SMILES string of the molecule is Cc1nc(CNC(=O)c2ccc(F)c(S)c2)cs1. The molecule has 0 atom stereocenters. The molecule has 1 amide bonds. The summed E-state index contributed by atoms with van der Waals surface area (Å²) in [5.41, 5.74) is 1.20. The number of amides is 1. The van der Waals surface area contributed by atoms with Crippen molar-refractivity contribution in [1.82, 2.24) is 10.3 Å². The van der Waals surface area contributed by atoms with Gasteiger partial charge in [-0.25, -0.2) is 9.37 Å². The molecule has 0 unspecified atom stereocenters. The maximum Gasteiger partial charge on any atom is 0.251 e. The van der Waals surface area contributed by atoms with Crippen molar-refractivity contribution in [2.24, 2.45) is 0 Å². The van der Waals surface area contributed by atoms with E-state index in [0.29, 0.717) is 12.1 Å². The first-order valence-electron chi connectivity index (χ1n) is 5.24. The lowest BCUT2D eigenvalue weighted by molar-refractivity contribution is 0.0950. The van der Waals surface area contributed by atoms with Crippen molar-refractivity contribution in [3.63, 3.8) is 0 Å². The van der Waals surface area contributed by atoms with Crippen LogP contribution in [-0.4, -0.2) is 10.9 Å². The van der Waals surface area contributed by atoms with Gasteiger partial charge in [0, 0.05) is 15.8 Å². The van der Waals surface area contributed by atoms with Crippen LogP contribution in [0.25, 0.3) is 0 Å². The molecular weight excluding hydrogens is 271 g/mol. The molecule has 1 heterocycles. The zero-order chi connectivity index (χ0) is 13.1. The monoisotopic (exact) mass is 282 g/mol. The first-order valence-corrected chi connectivity index (χ1v) is 6.56. The normalized spacial score (nSPS) is 10.4. The van der Waals surface area contributed by atoms with Crippen molar-refractivity contribution in [2.75, 3.05) is 0 Å². The molecule has 2 aromatic rings. The summed E-state index contributed by atoms with van der Waals surface area (Å²) in [6, 6.07) is 4.06. The van der Waals surface area contributed by atoms with Crippen LogP contribution in [0.4, 0.5) is 4.39 Å². The molecule has 1 N–H and O–H groups in total. The molecular formula is C12H11FN2OS2. The van der Waals surface area contributed by atoms with E-state index >= 15 is 0 Å². The maximum absolute atomic E-state index is 13.0. The van der Waals surface area contributed by atoms with Crippen LogP contribution in [0.2, 0.25) is 0 Å². The largest absolute Gasteiger partial charge is 0.346 e. The highest BCUT2D eigenvalue weighted by atomic mass is 32.1. The van der Waals surface area contributed by atoms with E-state index in [-0.39, 0.29) is 10.8 Å². The standard InChI is InChI=1S/C12H11FN2OS2/c1-7-15-9(6-18-7)5-14-12(16)8-2-3-10(13)11(17)4-8/h2-4,6,17H,5H2,1H3,(H,14,16). The summed E-state index contributed by atoms with van der Waals surface area (Å²) in [4.78, 5) is 16.2. The lowest BCUT2D eigenvalue weighted by Gasteiger charge is -2.04. The van der Waals surface area contributed by atoms with Gasteiger partial charge in [-0.1, -0.05) is 0 Å². The quantitative estimate of drug-likeness (QED) is 0.850. The molecule has 0 radical (unpaired) electrons. The van der Waals surface area contributed by atoms with Crippen molar-refractivity contribution in [2.45, 2.75) is 18.4 Å². The Kier molecular flexibility index (Phi) is 3.98. The van der Waals surface area contributed by atoms with Gasteiger partial charge in [0.15, 0.2) is 0 Å². The van der Waals surface area contributed by atoms with E-state index in [1.165, 1.54) is 29.5 Å². The van der Waals surface area contributed by atoms with Crippen LogP contribution in [0.15, 0.2) is 28.5 Å². The highest BCUT2D eigenvalue weighted by molar-refractivity contribution is 7.80. The number of benzene rings is 1.